The fourth-order valence-electron chi connectivity index (χ4n) is 3.31. The van der Waals surface area contributed by atoms with Crippen molar-refractivity contribution in [2.24, 2.45) is 0 Å². The van der Waals surface area contributed by atoms with Gasteiger partial charge in [0.2, 0.25) is 0 Å². The number of hydrogen-bond acceptors (Lipinski definition) is 3. The van der Waals surface area contributed by atoms with Gasteiger partial charge in [0.05, 0.1) is 13.2 Å². The molecule has 1 amide bonds. The Balaban J connectivity index is 1.80. The van der Waals surface area contributed by atoms with E-state index in [9.17, 15) is 14.0 Å². The summed E-state index contributed by atoms with van der Waals surface area (Å²) in [4.78, 5) is 27.8. The zero-order valence-corrected chi connectivity index (χ0v) is 14.5. The van der Waals surface area contributed by atoms with Crippen molar-refractivity contribution in [1.82, 2.24) is 10.3 Å². The number of aromatic amines is 1. The van der Waals surface area contributed by atoms with Crippen LogP contribution >= 0.6 is 0 Å². The summed E-state index contributed by atoms with van der Waals surface area (Å²) >= 11 is 0. The molecule has 1 aromatic heterocycles. The van der Waals surface area contributed by atoms with Crippen LogP contribution in [0.5, 0.6) is 5.75 Å². The molecule has 25 heavy (non-hydrogen) atoms. The van der Waals surface area contributed by atoms with Crippen LogP contribution in [-0.4, -0.2) is 23.8 Å². The predicted molar refractivity (Wildman–Crippen MR) is 91.6 cm³/mol. The molecule has 1 aliphatic rings. The van der Waals surface area contributed by atoms with Crippen LogP contribution in [0.1, 0.15) is 63.5 Å². The van der Waals surface area contributed by atoms with Crippen LogP contribution in [0.4, 0.5) is 4.39 Å². The van der Waals surface area contributed by atoms with Crippen LogP contribution in [0.2, 0.25) is 0 Å². The molecule has 1 atom stereocenters. The number of aromatic nitrogens is 1. The number of methoxy groups -OCH3 is 1. The number of nitrogens with one attached hydrogen (secondary N) is 2. The highest BCUT2D eigenvalue weighted by Gasteiger charge is 2.26. The normalized spacial score (nSPS) is 14.8. The molecule has 0 aliphatic heterocycles. The van der Waals surface area contributed by atoms with E-state index in [0.29, 0.717) is 28.8 Å². The van der Waals surface area contributed by atoms with Gasteiger partial charge in [-0.05, 0) is 49.9 Å². The van der Waals surface area contributed by atoms with Crippen molar-refractivity contribution >= 4 is 11.7 Å². The number of amides is 1. The number of ketones is 1. The Labute approximate surface area is 145 Å². The van der Waals surface area contributed by atoms with E-state index >= 15 is 0 Å². The van der Waals surface area contributed by atoms with Gasteiger partial charge in [-0.3, -0.25) is 9.59 Å². The molecule has 3 rings (SSSR count). The summed E-state index contributed by atoms with van der Waals surface area (Å²) in [5.74, 6) is -0.533. The molecule has 6 heteroatoms. The van der Waals surface area contributed by atoms with Gasteiger partial charge in [0.15, 0.2) is 17.3 Å². The van der Waals surface area contributed by atoms with Gasteiger partial charge in [-0.1, -0.05) is 6.07 Å². The molecule has 2 aromatic rings. The van der Waals surface area contributed by atoms with Gasteiger partial charge in [-0.15, -0.1) is 0 Å². The number of hydrogen-bond donors (Lipinski definition) is 2. The van der Waals surface area contributed by atoms with Crippen molar-refractivity contribution in [3.63, 3.8) is 0 Å². The molecule has 1 aromatic carbocycles. The number of Topliss-reactive ketones (excluding diaryl/α,β-unsaturated/α-hetero) is 1. The summed E-state index contributed by atoms with van der Waals surface area (Å²) in [5, 5.41) is 2.85. The monoisotopic (exact) mass is 344 g/mol. The highest BCUT2D eigenvalue weighted by molar-refractivity contribution is 6.04. The highest BCUT2D eigenvalue weighted by atomic mass is 19.1. The van der Waals surface area contributed by atoms with Gasteiger partial charge in [-0.25, -0.2) is 4.39 Å². The minimum Gasteiger partial charge on any atom is -0.494 e. The van der Waals surface area contributed by atoms with Gasteiger partial charge in [-0.2, -0.15) is 0 Å². The number of halogens is 1. The summed E-state index contributed by atoms with van der Waals surface area (Å²) in [6.07, 6.45) is 2.09. The molecule has 1 aliphatic carbocycles. The molecule has 0 saturated heterocycles. The molecule has 0 radical (unpaired) electrons. The van der Waals surface area contributed by atoms with E-state index in [2.05, 4.69) is 10.3 Å². The van der Waals surface area contributed by atoms with Gasteiger partial charge in [0.1, 0.15) is 5.69 Å². The quantitative estimate of drug-likeness (QED) is 0.892. The molecule has 0 spiro atoms. The van der Waals surface area contributed by atoms with E-state index < -0.39 is 5.82 Å². The van der Waals surface area contributed by atoms with Crippen LogP contribution in [0.3, 0.4) is 0 Å². The number of aryl methyl sites for hydroxylation is 1. The summed E-state index contributed by atoms with van der Waals surface area (Å²) in [5.41, 5.74) is 3.21. The smallest absolute Gasteiger partial charge is 0.268 e. The fourth-order valence-corrected chi connectivity index (χ4v) is 3.31. The Bertz CT molecular complexity index is 841. The van der Waals surface area contributed by atoms with Gasteiger partial charge < -0.3 is 15.0 Å². The maximum atomic E-state index is 13.9. The number of fused-ring (bicyclic) bond motifs is 1. The van der Waals surface area contributed by atoms with Crippen molar-refractivity contribution in [1.29, 1.82) is 0 Å². The molecule has 5 nitrogen and oxygen atoms in total. The largest absolute Gasteiger partial charge is 0.494 e. The Hall–Kier alpha value is -2.63. The third kappa shape index (κ3) is 3.16. The molecular weight excluding hydrogens is 323 g/mol. The Morgan fingerprint density at radius 3 is 2.76 bits per heavy atom. The van der Waals surface area contributed by atoms with Crippen molar-refractivity contribution in [3.8, 4) is 5.75 Å². The molecular formula is C19H21FN2O3. The zero-order valence-electron chi connectivity index (χ0n) is 14.5. The number of carbonyl (C=O) groups excluding carboxylic acids is 2. The van der Waals surface area contributed by atoms with E-state index in [1.807, 2.05) is 0 Å². The van der Waals surface area contributed by atoms with Crippen LogP contribution in [-0.2, 0) is 6.42 Å². The first-order valence-electron chi connectivity index (χ1n) is 8.31. The van der Waals surface area contributed by atoms with Crippen LogP contribution in [0, 0.1) is 12.7 Å². The van der Waals surface area contributed by atoms with Crippen molar-refractivity contribution in [2.75, 3.05) is 7.11 Å². The minimum atomic E-state index is -0.474. The van der Waals surface area contributed by atoms with E-state index in [1.165, 1.54) is 19.2 Å². The second kappa shape index (κ2) is 6.70. The topological polar surface area (TPSA) is 71.2 Å². The number of ether oxygens (including phenoxy) is 1. The minimum absolute atomic E-state index is 0.0827. The average Bonchev–Trinajstić information content (AvgIpc) is 2.93. The van der Waals surface area contributed by atoms with E-state index in [4.69, 9.17) is 4.74 Å². The number of H-pyrrole nitrogens is 1. The van der Waals surface area contributed by atoms with E-state index in [1.54, 1.807) is 19.9 Å². The maximum Gasteiger partial charge on any atom is 0.268 e. The molecule has 1 unspecified atom stereocenters. The van der Waals surface area contributed by atoms with E-state index in [0.717, 1.165) is 18.5 Å². The molecule has 1 heterocycles. The standard InChI is InChI=1S/C19H21FN2O3/c1-10-17-14(5-4-6-15(17)23)22-18(10)19(24)21-11(2)12-7-8-16(25-3)13(20)9-12/h7-9,11,22H,4-6H2,1-3H3,(H,21,24). The number of carbonyl (C=O) groups is 2. The van der Waals surface area contributed by atoms with Gasteiger partial charge in [0, 0.05) is 17.7 Å². The number of benzene rings is 1. The lowest BCUT2D eigenvalue weighted by atomic mass is 9.94. The molecule has 2 N–H and O–H groups in total. The maximum absolute atomic E-state index is 13.9. The van der Waals surface area contributed by atoms with Crippen LogP contribution < -0.4 is 10.1 Å². The fraction of sp³-hybridized carbons (Fsp3) is 0.368. The highest BCUT2D eigenvalue weighted by Crippen LogP contribution is 2.27. The number of rotatable bonds is 4. The summed E-state index contributed by atoms with van der Waals surface area (Å²) in [6, 6.07) is 4.20. The van der Waals surface area contributed by atoms with Crippen molar-refractivity contribution in [2.45, 2.75) is 39.2 Å². The van der Waals surface area contributed by atoms with Crippen molar-refractivity contribution in [3.05, 3.63) is 52.1 Å². The lowest BCUT2D eigenvalue weighted by molar-refractivity contribution is 0.0934. The SMILES string of the molecule is COc1ccc(C(C)NC(=O)c2[nH]c3c(c2C)C(=O)CCC3)cc1F. The van der Waals surface area contributed by atoms with E-state index in [-0.39, 0.29) is 23.5 Å². The average molecular weight is 344 g/mol. The summed E-state index contributed by atoms with van der Waals surface area (Å²) in [7, 11) is 1.40. The Kier molecular flexibility index (Phi) is 4.61. The lowest BCUT2D eigenvalue weighted by Crippen LogP contribution is -2.27. The Morgan fingerprint density at radius 1 is 1.36 bits per heavy atom. The summed E-state index contributed by atoms with van der Waals surface area (Å²) in [6.45, 7) is 3.56. The molecule has 0 saturated carbocycles. The molecule has 0 bridgehead atoms. The first-order valence-corrected chi connectivity index (χ1v) is 8.31. The van der Waals surface area contributed by atoms with Gasteiger partial charge >= 0.3 is 0 Å². The second-order valence-corrected chi connectivity index (χ2v) is 6.34. The van der Waals surface area contributed by atoms with Crippen molar-refractivity contribution < 1.29 is 18.7 Å². The molecule has 132 valence electrons. The zero-order chi connectivity index (χ0) is 18.1. The van der Waals surface area contributed by atoms with Crippen LogP contribution in [0.25, 0.3) is 0 Å². The first kappa shape index (κ1) is 17.2. The second-order valence-electron chi connectivity index (χ2n) is 6.34. The third-order valence-corrected chi connectivity index (χ3v) is 4.69. The Morgan fingerprint density at radius 2 is 2.12 bits per heavy atom. The predicted octanol–water partition coefficient (Wildman–Crippen LogP) is 3.48. The van der Waals surface area contributed by atoms with Crippen LogP contribution in [0.15, 0.2) is 18.2 Å². The first-order chi connectivity index (χ1) is 11.9. The molecule has 0 fully saturated rings. The lowest BCUT2D eigenvalue weighted by Gasteiger charge is -2.15. The van der Waals surface area contributed by atoms with Gasteiger partial charge in [0.25, 0.3) is 5.91 Å². The third-order valence-electron chi connectivity index (χ3n) is 4.69. The summed E-state index contributed by atoms with van der Waals surface area (Å²) < 4.78 is 18.8.